The number of pyridine rings is 1. The number of carbonyl (C=O) groups excluding carboxylic acids is 2. The number of nitrogens with one attached hydrogen (secondary N) is 2. The van der Waals surface area contributed by atoms with Crippen molar-refractivity contribution in [2.45, 2.75) is 45.2 Å². The molecule has 2 aromatic rings. The number of hydrogen-bond acceptors (Lipinski definition) is 5. The zero-order valence-electron chi connectivity index (χ0n) is 14.8. The highest BCUT2D eigenvalue weighted by molar-refractivity contribution is 5.75. The number of amides is 1. The van der Waals surface area contributed by atoms with Gasteiger partial charge in [-0.2, -0.15) is 0 Å². The number of hydrogen-bond donors (Lipinski definition) is 2. The van der Waals surface area contributed by atoms with Crippen molar-refractivity contribution in [1.82, 2.24) is 15.8 Å². The zero-order valence-corrected chi connectivity index (χ0v) is 14.8. The Balaban J connectivity index is 1.45. The van der Waals surface area contributed by atoms with Gasteiger partial charge in [0, 0.05) is 31.8 Å². The molecule has 0 fully saturated rings. The summed E-state index contributed by atoms with van der Waals surface area (Å²) >= 11 is 0. The van der Waals surface area contributed by atoms with Crippen LogP contribution in [0.3, 0.4) is 0 Å². The lowest BCUT2D eigenvalue weighted by molar-refractivity contribution is -0.151. The fourth-order valence-corrected chi connectivity index (χ4v) is 2.37. The van der Waals surface area contributed by atoms with Gasteiger partial charge in [-0.05, 0) is 30.0 Å². The Morgan fingerprint density at radius 2 is 1.65 bits per heavy atom. The lowest BCUT2D eigenvalue weighted by atomic mass is 10.1. The number of rotatable bonds is 11. The lowest BCUT2D eigenvalue weighted by Gasteiger charge is -2.06. The van der Waals surface area contributed by atoms with Crippen LogP contribution in [0.5, 0.6) is 0 Å². The van der Waals surface area contributed by atoms with Crippen LogP contribution in [-0.4, -0.2) is 16.9 Å². The smallest absolute Gasteiger partial charge is 0.324 e. The fraction of sp³-hybridized carbons (Fsp3) is 0.350. The molecule has 0 spiro atoms. The summed E-state index contributed by atoms with van der Waals surface area (Å²) in [7, 11) is 0. The predicted octanol–water partition coefficient (Wildman–Crippen LogP) is 2.90. The molecule has 1 amide bonds. The molecule has 0 atom stereocenters. The molecule has 2 rings (SSSR count). The number of aromatic nitrogens is 1. The van der Waals surface area contributed by atoms with E-state index in [-0.39, 0.29) is 11.9 Å². The Labute approximate surface area is 153 Å². The average molecular weight is 355 g/mol. The van der Waals surface area contributed by atoms with E-state index in [1.54, 1.807) is 12.4 Å². The van der Waals surface area contributed by atoms with Gasteiger partial charge in [0.1, 0.15) is 0 Å². The summed E-state index contributed by atoms with van der Waals surface area (Å²) < 4.78 is 0. The first-order chi connectivity index (χ1) is 12.7. The van der Waals surface area contributed by atoms with Gasteiger partial charge in [0.2, 0.25) is 5.91 Å². The van der Waals surface area contributed by atoms with Gasteiger partial charge in [0.15, 0.2) is 0 Å². The molecule has 0 saturated heterocycles. The van der Waals surface area contributed by atoms with E-state index in [2.05, 4.69) is 15.8 Å². The van der Waals surface area contributed by atoms with E-state index < -0.39 is 0 Å². The maximum Gasteiger partial charge on any atom is 0.324 e. The molecule has 2 N–H and O–H groups in total. The van der Waals surface area contributed by atoms with Crippen molar-refractivity contribution >= 4 is 11.9 Å². The summed E-state index contributed by atoms with van der Waals surface area (Å²) in [5.74, 6) is -0.253. The first-order valence-electron chi connectivity index (χ1n) is 8.86. The number of unbranched alkanes of at least 4 members (excludes halogenated alkanes) is 2. The normalized spacial score (nSPS) is 10.3. The van der Waals surface area contributed by atoms with Gasteiger partial charge in [-0.1, -0.05) is 42.8 Å². The van der Waals surface area contributed by atoms with E-state index in [0.29, 0.717) is 32.4 Å². The molecular weight excluding hydrogens is 330 g/mol. The Morgan fingerprint density at radius 1 is 0.885 bits per heavy atom. The summed E-state index contributed by atoms with van der Waals surface area (Å²) in [4.78, 5) is 32.3. The van der Waals surface area contributed by atoms with Crippen molar-refractivity contribution < 1.29 is 14.4 Å². The van der Waals surface area contributed by atoms with E-state index in [1.165, 1.54) is 0 Å². The number of hydroxylamine groups is 1. The molecule has 26 heavy (non-hydrogen) atoms. The molecular formula is C20H25N3O3. The highest BCUT2D eigenvalue weighted by Gasteiger charge is 2.05. The van der Waals surface area contributed by atoms with Crippen LogP contribution in [0.2, 0.25) is 0 Å². The van der Waals surface area contributed by atoms with Crippen molar-refractivity contribution in [3.63, 3.8) is 0 Å². The minimum absolute atomic E-state index is 0.0366. The van der Waals surface area contributed by atoms with Gasteiger partial charge in [-0.15, -0.1) is 5.48 Å². The van der Waals surface area contributed by atoms with Gasteiger partial charge >= 0.3 is 5.97 Å². The molecule has 1 aromatic carbocycles. The quantitative estimate of drug-likeness (QED) is 0.478. The third kappa shape index (κ3) is 8.39. The van der Waals surface area contributed by atoms with Gasteiger partial charge < -0.3 is 10.2 Å². The van der Waals surface area contributed by atoms with Crippen LogP contribution in [0, 0.1) is 0 Å². The van der Waals surface area contributed by atoms with E-state index in [4.69, 9.17) is 4.84 Å². The van der Waals surface area contributed by atoms with E-state index in [9.17, 15) is 9.59 Å². The van der Waals surface area contributed by atoms with Crippen molar-refractivity contribution in [2.75, 3.05) is 0 Å². The summed E-state index contributed by atoms with van der Waals surface area (Å²) in [6, 6.07) is 13.5. The largest absolute Gasteiger partial charge is 0.370 e. The molecule has 0 aliphatic carbocycles. The molecule has 0 unspecified atom stereocenters. The van der Waals surface area contributed by atoms with Crippen LogP contribution in [0.25, 0.3) is 0 Å². The second-order valence-electron chi connectivity index (χ2n) is 5.98. The molecule has 1 heterocycles. The molecule has 6 nitrogen and oxygen atoms in total. The van der Waals surface area contributed by atoms with Crippen LogP contribution in [-0.2, 0) is 27.5 Å². The first kappa shape index (κ1) is 19.6. The number of carbonyl (C=O) groups is 2. The van der Waals surface area contributed by atoms with Crippen LogP contribution in [0.15, 0.2) is 54.9 Å². The third-order valence-corrected chi connectivity index (χ3v) is 3.80. The average Bonchev–Trinajstić information content (AvgIpc) is 2.68. The van der Waals surface area contributed by atoms with Crippen LogP contribution >= 0.6 is 0 Å². The maximum atomic E-state index is 11.8. The molecule has 6 heteroatoms. The monoisotopic (exact) mass is 355 g/mol. The van der Waals surface area contributed by atoms with Crippen molar-refractivity contribution in [3.8, 4) is 0 Å². The van der Waals surface area contributed by atoms with Gasteiger partial charge in [-0.3, -0.25) is 14.6 Å². The standard InChI is InChI=1S/C20H25N3O3/c24-19(22-15-17-8-3-1-4-9-17)11-5-2-6-12-20(25)26-23-16-18-10-7-13-21-14-18/h1,3-4,7-10,13-14,23H,2,5-6,11-12,15-16H2,(H,22,24). The van der Waals surface area contributed by atoms with Crippen LogP contribution < -0.4 is 10.8 Å². The summed E-state index contributed by atoms with van der Waals surface area (Å²) in [6.07, 6.45) is 6.50. The second kappa shape index (κ2) is 11.8. The number of nitrogens with zero attached hydrogens (tertiary/aromatic N) is 1. The van der Waals surface area contributed by atoms with E-state index >= 15 is 0 Å². The highest BCUT2D eigenvalue weighted by atomic mass is 16.7. The minimum atomic E-state index is -0.289. The summed E-state index contributed by atoms with van der Waals surface area (Å²) in [5, 5.41) is 2.90. The molecule has 0 saturated carbocycles. The zero-order chi connectivity index (χ0) is 18.5. The van der Waals surface area contributed by atoms with Crippen LogP contribution in [0.1, 0.15) is 43.2 Å². The van der Waals surface area contributed by atoms with Crippen molar-refractivity contribution in [2.24, 2.45) is 0 Å². The molecule has 0 bridgehead atoms. The topological polar surface area (TPSA) is 80.3 Å². The molecule has 0 aliphatic rings. The minimum Gasteiger partial charge on any atom is -0.370 e. The first-order valence-corrected chi connectivity index (χ1v) is 8.86. The predicted molar refractivity (Wildman–Crippen MR) is 98.5 cm³/mol. The fourth-order valence-electron chi connectivity index (χ4n) is 2.37. The van der Waals surface area contributed by atoms with Crippen molar-refractivity contribution in [3.05, 3.63) is 66.0 Å². The summed E-state index contributed by atoms with van der Waals surface area (Å²) in [6.45, 7) is 0.982. The molecule has 0 aliphatic heterocycles. The highest BCUT2D eigenvalue weighted by Crippen LogP contribution is 2.05. The van der Waals surface area contributed by atoms with Gasteiger partial charge in [0.05, 0.1) is 6.54 Å². The maximum absolute atomic E-state index is 11.8. The third-order valence-electron chi connectivity index (χ3n) is 3.80. The number of benzene rings is 1. The van der Waals surface area contributed by atoms with Gasteiger partial charge in [0.25, 0.3) is 0 Å². The Hall–Kier alpha value is -2.73. The Bertz CT molecular complexity index is 663. The van der Waals surface area contributed by atoms with Crippen molar-refractivity contribution in [1.29, 1.82) is 0 Å². The summed E-state index contributed by atoms with van der Waals surface area (Å²) in [5.41, 5.74) is 4.67. The molecule has 138 valence electrons. The lowest BCUT2D eigenvalue weighted by Crippen LogP contribution is -2.22. The Morgan fingerprint density at radius 3 is 2.42 bits per heavy atom. The van der Waals surface area contributed by atoms with E-state index in [0.717, 1.165) is 24.0 Å². The molecule has 1 aromatic heterocycles. The van der Waals surface area contributed by atoms with E-state index in [1.807, 2.05) is 42.5 Å². The second-order valence-corrected chi connectivity index (χ2v) is 5.98. The molecule has 0 radical (unpaired) electrons. The SMILES string of the molecule is O=C(CCCCCC(=O)ONCc1cccnc1)NCc1ccccc1. The van der Waals surface area contributed by atoms with Crippen LogP contribution in [0.4, 0.5) is 0 Å². The van der Waals surface area contributed by atoms with Gasteiger partial charge in [-0.25, -0.2) is 0 Å². The Kier molecular flexibility index (Phi) is 8.86.